The van der Waals surface area contributed by atoms with Gasteiger partial charge in [0, 0.05) is 31.3 Å². The van der Waals surface area contributed by atoms with E-state index in [2.05, 4.69) is 17.2 Å². The first-order valence-corrected chi connectivity index (χ1v) is 5.88. The van der Waals surface area contributed by atoms with E-state index in [-0.39, 0.29) is 0 Å². The minimum atomic E-state index is 0.379. The average Bonchev–Trinajstić information content (AvgIpc) is 2.69. The molecule has 14 heavy (non-hydrogen) atoms. The van der Waals surface area contributed by atoms with Crippen LogP contribution in [0.5, 0.6) is 0 Å². The SMILES string of the molecule is CC1(CNc2nccs2)CCOCC1. The predicted octanol–water partition coefficient (Wildman–Crippen LogP) is 2.37. The van der Waals surface area contributed by atoms with Crippen LogP contribution in [-0.2, 0) is 4.74 Å². The molecule has 0 atom stereocenters. The largest absolute Gasteiger partial charge is 0.381 e. The smallest absolute Gasteiger partial charge is 0.182 e. The molecule has 3 nitrogen and oxygen atoms in total. The second kappa shape index (κ2) is 4.28. The zero-order valence-electron chi connectivity index (χ0n) is 8.45. The molecule has 0 bridgehead atoms. The number of anilines is 1. The van der Waals surface area contributed by atoms with Crippen LogP contribution in [0.1, 0.15) is 19.8 Å². The standard InChI is InChI=1S/C10H16N2OS/c1-10(2-5-13-6-3-10)8-12-9-11-4-7-14-9/h4,7H,2-3,5-6,8H2,1H3,(H,11,12). The molecule has 1 saturated heterocycles. The van der Waals surface area contributed by atoms with Gasteiger partial charge in [-0.15, -0.1) is 11.3 Å². The molecule has 0 unspecified atom stereocenters. The van der Waals surface area contributed by atoms with E-state index in [0.717, 1.165) is 37.7 Å². The molecule has 2 heterocycles. The molecular weight excluding hydrogens is 196 g/mol. The highest BCUT2D eigenvalue weighted by molar-refractivity contribution is 7.13. The van der Waals surface area contributed by atoms with Crippen LogP contribution in [0.25, 0.3) is 0 Å². The van der Waals surface area contributed by atoms with E-state index >= 15 is 0 Å². The van der Waals surface area contributed by atoms with Crippen molar-refractivity contribution in [2.75, 3.05) is 25.1 Å². The monoisotopic (exact) mass is 212 g/mol. The molecule has 0 saturated carbocycles. The Hall–Kier alpha value is -0.610. The highest BCUT2D eigenvalue weighted by atomic mass is 32.1. The number of hydrogen-bond acceptors (Lipinski definition) is 4. The van der Waals surface area contributed by atoms with Gasteiger partial charge in [0.2, 0.25) is 0 Å². The van der Waals surface area contributed by atoms with Gasteiger partial charge in [0.1, 0.15) is 0 Å². The maximum atomic E-state index is 5.36. The van der Waals surface area contributed by atoms with Gasteiger partial charge >= 0.3 is 0 Å². The van der Waals surface area contributed by atoms with Crippen LogP contribution in [0.2, 0.25) is 0 Å². The van der Waals surface area contributed by atoms with Gasteiger partial charge in [0.15, 0.2) is 5.13 Å². The second-order valence-electron chi connectivity index (χ2n) is 4.11. The van der Waals surface area contributed by atoms with Crippen molar-refractivity contribution < 1.29 is 4.74 Å². The van der Waals surface area contributed by atoms with Gasteiger partial charge in [-0.2, -0.15) is 0 Å². The molecule has 1 aromatic rings. The first kappa shape index (κ1) is 9.93. The van der Waals surface area contributed by atoms with Gasteiger partial charge in [-0.1, -0.05) is 6.92 Å². The Morgan fingerprint density at radius 1 is 1.57 bits per heavy atom. The van der Waals surface area contributed by atoms with E-state index in [1.165, 1.54) is 0 Å². The molecule has 1 aliphatic rings. The second-order valence-corrected chi connectivity index (χ2v) is 5.01. The van der Waals surface area contributed by atoms with Crippen molar-refractivity contribution in [3.8, 4) is 0 Å². The number of ether oxygens (including phenoxy) is 1. The van der Waals surface area contributed by atoms with Crippen LogP contribution in [0, 0.1) is 5.41 Å². The van der Waals surface area contributed by atoms with Crippen LogP contribution < -0.4 is 5.32 Å². The van der Waals surface area contributed by atoms with Crippen molar-refractivity contribution in [3.63, 3.8) is 0 Å². The maximum Gasteiger partial charge on any atom is 0.182 e. The van der Waals surface area contributed by atoms with Gasteiger partial charge < -0.3 is 10.1 Å². The lowest BCUT2D eigenvalue weighted by Crippen LogP contribution is -2.33. The fourth-order valence-corrected chi connectivity index (χ4v) is 2.17. The van der Waals surface area contributed by atoms with Crippen molar-refractivity contribution in [1.29, 1.82) is 0 Å². The molecular formula is C10H16N2OS. The number of nitrogens with zero attached hydrogens (tertiary/aromatic N) is 1. The van der Waals surface area contributed by atoms with Crippen LogP contribution in [0.15, 0.2) is 11.6 Å². The molecule has 2 rings (SSSR count). The van der Waals surface area contributed by atoms with Crippen molar-refractivity contribution in [2.45, 2.75) is 19.8 Å². The van der Waals surface area contributed by atoms with Gasteiger partial charge in [-0.25, -0.2) is 4.98 Å². The maximum absolute atomic E-state index is 5.36. The first-order chi connectivity index (χ1) is 6.79. The fraction of sp³-hybridized carbons (Fsp3) is 0.700. The molecule has 4 heteroatoms. The first-order valence-electron chi connectivity index (χ1n) is 5.00. The van der Waals surface area contributed by atoms with Crippen molar-refractivity contribution in [1.82, 2.24) is 4.98 Å². The normalized spacial score (nSPS) is 20.6. The fourth-order valence-electron chi connectivity index (χ4n) is 1.64. The van der Waals surface area contributed by atoms with E-state index in [1.807, 2.05) is 11.6 Å². The Morgan fingerprint density at radius 3 is 3.00 bits per heavy atom. The summed E-state index contributed by atoms with van der Waals surface area (Å²) in [4.78, 5) is 4.21. The minimum Gasteiger partial charge on any atom is -0.381 e. The Morgan fingerprint density at radius 2 is 2.36 bits per heavy atom. The Balaban J connectivity index is 1.84. The van der Waals surface area contributed by atoms with Crippen molar-refractivity contribution >= 4 is 16.5 Å². The van der Waals surface area contributed by atoms with Gasteiger partial charge in [-0.05, 0) is 18.3 Å². The number of aromatic nitrogens is 1. The highest BCUT2D eigenvalue weighted by Gasteiger charge is 2.27. The zero-order chi connectivity index (χ0) is 9.86. The lowest BCUT2D eigenvalue weighted by molar-refractivity contribution is 0.0300. The molecule has 0 amide bonds. The third-order valence-electron chi connectivity index (χ3n) is 2.80. The predicted molar refractivity (Wildman–Crippen MR) is 58.8 cm³/mol. The molecule has 0 spiro atoms. The van der Waals surface area contributed by atoms with Crippen LogP contribution in [-0.4, -0.2) is 24.7 Å². The van der Waals surface area contributed by atoms with Crippen molar-refractivity contribution in [3.05, 3.63) is 11.6 Å². The third kappa shape index (κ3) is 2.45. The van der Waals surface area contributed by atoms with E-state index in [1.54, 1.807) is 11.3 Å². The Kier molecular flexibility index (Phi) is 3.03. The topological polar surface area (TPSA) is 34.2 Å². The zero-order valence-corrected chi connectivity index (χ0v) is 9.27. The summed E-state index contributed by atoms with van der Waals surface area (Å²) in [5.41, 5.74) is 0.379. The Labute approximate surface area is 88.5 Å². The summed E-state index contributed by atoms with van der Waals surface area (Å²) in [6.45, 7) is 5.12. The highest BCUT2D eigenvalue weighted by Crippen LogP contribution is 2.30. The molecule has 78 valence electrons. The van der Waals surface area contributed by atoms with Gasteiger partial charge in [0.05, 0.1) is 0 Å². The summed E-state index contributed by atoms with van der Waals surface area (Å²) in [6, 6.07) is 0. The minimum absolute atomic E-state index is 0.379. The van der Waals surface area contributed by atoms with Gasteiger partial charge in [0.25, 0.3) is 0 Å². The van der Waals surface area contributed by atoms with Gasteiger partial charge in [-0.3, -0.25) is 0 Å². The lowest BCUT2D eigenvalue weighted by atomic mass is 9.82. The molecule has 1 aliphatic heterocycles. The van der Waals surface area contributed by atoms with Crippen LogP contribution in [0.3, 0.4) is 0 Å². The third-order valence-corrected chi connectivity index (χ3v) is 3.53. The molecule has 0 aliphatic carbocycles. The molecule has 1 aromatic heterocycles. The van der Waals surface area contributed by atoms with E-state index in [9.17, 15) is 0 Å². The van der Waals surface area contributed by atoms with Crippen LogP contribution >= 0.6 is 11.3 Å². The number of nitrogens with one attached hydrogen (secondary N) is 1. The molecule has 0 radical (unpaired) electrons. The summed E-state index contributed by atoms with van der Waals surface area (Å²) in [7, 11) is 0. The molecule has 1 N–H and O–H groups in total. The summed E-state index contributed by atoms with van der Waals surface area (Å²) in [6.07, 6.45) is 4.12. The summed E-state index contributed by atoms with van der Waals surface area (Å²) < 4.78 is 5.36. The number of thiazole rings is 1. The van der Waals surface area contributed by atoms with Crippen LogP contribution in [0.4, 0.5) is 5.13 Å². The molecule has 0 aromatic carbocycles. The average molecular weight is 212 g/mol. The summed E-state index contributed by atoms with van der Waals surface area (Å²) >= 11 is 1.66. The van der Waals surface area contributed by atoms with Crippen molar-refractivity contribution in [2.24, 2.45) is 5.41 Å². The quantitative estimate of drug-likeness (QED) is 0.835. The van der Waals surface area contributed by atoms with E-state index in [0.29, 0.717) is 5.41 Å². The number of rotatable bonds is 3. The lowest BCUT2D eigenvalue weighted by Gasteiger charge is -2.33. The number of hydrogen-bond donors (Lipinski definition) is 1. The summed E-state index contributed by atoms with van der Waals surface area (Å²) in [5, 5.41) is 6.41. The summed E-state index contributed by atoms with van der Waals surface area (Å²) in [5.74, 6) is 0. The van der Waals surface area contributed by atoms with E-state index in [4.69, 9.17) is 4.74 Å². The van der Waals surface area contributed by atoms with E-state index < -0.39 is 0 Å². The molecule has 1 fully saturated rings. The Bertz CT molecular complexity index is 268.